The molecule has 0 N–H and O–H groups in total. The molecular formula is C2H3OSSe. The standard InChI is InChI=1S/C2H3OSSe/c1-2(3)4-5/h1H3. The molecule has 0 fully saturated rings. The summed E-state index contributed by atoms with van der Waals surface area (Å²) in [6.45, 7) is 1.52. The Kier molecular flexibility index (Phi) is 3.06. The van der Waals surface area contributed by atoms with E-state index in [0.29, 0.717) is 0 Å². The van der Waals surface area contributed by atoms with Gasteiger partial charge in [-0.25, -0.2) is 0 Å². The molecule has 0 aromatic carbocycles. The van der Waals surface area contributed by atoms with Gasteiger partial charge < -0.3 is 0 Å². The first-order chi connectivity index (χ1) is 2.27. The predicted molar refractivity (Wildman–Crippen MR) is 24.0 cm³/mol. The molecule has 0 saturated heterocycles. The fourth-order valence-corrected chi connectivity index (χ4v) is 0. The molecule has 0 aromatic heterocycles. The maximum absolute atomic E-state index is 9.74. The minimum atomic E-state index is 0.116. The van der Waals surface area contributed by atoms with E-state index in [9.17, 15) is 4.79 Å². The van der Waals surface area contributed by atoms with Crippen LogP contribution in [-0.4, -0.2) is 20.0 Å². The maximum atomic E-state index is 9.74. The molecule has 0 aliphatic carbocycles. The number of carbonyl (C=O) groups excluding carboxylic acids is 1. The third-order valence-electron chi connectivity index (χ3n) is 0.117. The molecule has 1 radical (unpaired) electrons. The van der Waals surface area contributed by atoms with E-state index in [-0.39, 0.29) is 5.12 Å². The van der Waals surface area contributed by atoms with Crippen molar-refractivity contribution in [2.45, 2.75) is 6.92 Å². The van der Waals surface area contributed by atoms with Gasteiger partial charge in [-0.1, -0.05) is 0 Å². The van der Waals surface area contributed by atoms with Crippen molar-refractivity contribution < 1.29 is 4.79 Å². The van der Waals surface area contributed by atoms with Gasteiger partial charge in [0.15, 0.2) is 0 Å². The fraction of sp³-hybridized carbons (Fsp3) is 0.500. The van der Waals surface area contributed by atoms with Crippen LogP contribution in [0.4, 0.5) is 0 Å². The Bertz CT molecular complexity index is 44.9. The van der Waals surface area contributed by atoms with Crippen molar-refractivity contribution in [1.29, 1.82) is 0 Å². The first-order valence-electron chi connectivity index (χ1n) is 1.07. The predicted octanol–water partition coefficient (Wildman–Crippen LogP) is 0.350. The molecule has 0 spiro atoms. The van der Waals surface area contributed by atoms with E-state index in [2.05, 4.69) is 14.9 Å². The van der Waals surface area contributed by atoms with Crippen molar-refractivity contribution in [2.24, 2.45) is 0 Å². The van der Waals surface area contributed by atoms with Crippen LogP contribution in [0, 0.1) is 0 Å². The molecule has 0 amide bonds. The summed E-state index contributed by atoms with van der Waals surface area (Å²) < 4.78 is 0. The zero-order valence-electron chi connectivity index (χ0n) is 2.72. The van der Waals surface area contributed by atoms with E-state index >= 15 is 0 Å². The molecule has 0 unspecified atom stereocenters. The topological polar surface area (TPSA) is 17.1 Å². The van der Waals surface area contributed by atoms with Crippen LogP contribution in [0.2, 0.25) is 0 Å². The normalized spacial score (nSPS) is 7.60. The third-order valence-corrected chi connectivity index (χ3v) is 1.83. The monoisotopic (exact) mass is 155 g/mol. The van der Waals surface area contributed by atoms with Gasteiger partial charge in [0, 0.05) is 0 Å². The second-order valence-corrected chi connectivity index (χ2v) is 2.37. The SMILES string of the molecule is CC(=O)S[Se]. The summed E-state index contributed by atoms with van der Waals surface area (Å²) in [4.78, 5) is 9.74. The van der Waals surface area contributed by atoms with E-state index in [0.717, 1.165) is 10.2 Å². The van der Waals surface area contributed by atoms with Crippen LogP contribution in [0.3, 0.4) is 0 Å². The Labute approximate surface area is 42.4 Å². The number of hydrogen-bond acceptors (Lipinski definition) is 2. The molecule has 0 heterocycles. The molecule has 5 heavy (non-hydrogen) atoms. The van der Waals surface area contributed by atoms with Gasteiger partial charge in [0.1, 0.15) is 0 Å². The summed E-state index contributed by atoms with van der Waals surface area (Å²) in [5, 5.41) is 0.116. The summed E-state index contributed by atoms with van der Waals surface area (Å²) in [5.41, 5.74) is 0. The third kappa shape index (κ3) is 4.54. The summed E-state index contributed by atoms with van der Waals surface area (Å²) in [5.74, 6) is 0. The van der Waals surface area contributed by atoms with Crippen LogP contribution in [-0.2, 0) is 4.79 Å². The molecule has 0 bridgehead atoms. The Morgan fingerprint density at radius 3 is 2.20 bits per heavy atom. The van der Waals surface area contributed by atoms with E-state index in [1.54, 1.807) is 0 Å². The van der Waals surface area contributed by atoms with Crippen LogP contribution in [0.5, 0.6) is 0 Å². The van der Waals surface area contributed by atoms with Gasteiger partial charge in [-0.2, -0.15) is 0 Å². The van der Waals surface area contributed by atoms with Gasteiger partial charge in [0.05, 0.1) is 0 Å². The van der Waals surface area contributed by atoms with Crippen molar-refractivity contribution >= 4 is 30.2 Å². The quantitative estimate of drug-likeness (QED) is 0.468. The van der Waals surface area contributed by atoms with Crippen molar-refractivity contribution in [1.82, 2.24) is 0 Å². The van der Waals surface area contributed by atoms with Gasteiger partial charge in [0.2, 0.25) is 0 Å². The molecule has 0 rings (SSSR count). The molecule has 0 aliphatic heterocycles. The van der Waals surface area contributed by atoms with Crippen molar-refractivity contribution in [2.75, 3.05) is 0 Å². The zero-order chi connectivity index (χ0) is 4.28. The molecule has 3 heteroatoms. The summed E-state index contributed by atoms with van der Waals surface area (Å²) in [6.07, 6.45) is 0. The molecule has 0 saturated carbocycles. The van der Waals surface area contributed by atoms with Crippen LogP contribution in [0.25, 0.3) is 0 Å². The van der Waals surface area contributed by atoms with E-state index in [1.807, 2.05) is 0 Å². The molecular weight excluding hydrogens is 151 g/mol. The van der Waals surface area contributed by atoms with Crippen molar-refractivity contribution in [3.05, 3.63) is 0 Å². The van der Waals surface area contributed by atoms with Crippen LogP contribution < -0.4 is 0 Å². The van der Waals surface area contributed by atoms with E-state index in [1.165, 1.54) is 6.92 Å². The summed E-state index contributed by atoms with van der Waals surface area (Å²) in [7, 11) is 1.12. The van der Waals surface area contributed by atoms with Gasteiger partial charge >= 0.3 is 41.9 Å². The number of hydrogen-bond donors (Lipinski definition) is 0. The van der Waals surface area contributed by atoms with Gasteiger partial charge in [0.25, 0.3) is 0 Å². The number of rotatable bonds is 0. The van der Waals surface area contributed by atoms with E-state index in [4.69, 9.17) is 0 Å². The molecule has 0 aromatic rings. The Morgan fingerprint density at radius 2 is 2.20 bits per heavy atom. The molecule has 29 valence electrons. The van der Waals surface area contributed by atoms with Gasteiger partial charge in [-0.05, 0) is 0 Å². The van der Waals surface area contributed by atoms with Crippen LogP contribution in [0.15, 0.2) is 0 Å². The summed E-state index contributed by atoms with van der Waals surface area (Å²) >= 11 is 2.51. The minimum absolute atomic E-state index is 0.116. The zero-order valence-corrected chi connectivity index (χ0v) is 5.25. The number of carbonyl (C=O) groups is 1. The van der Waals surface area contributed by atoms with Crippen LogP contribution in [0.1, 0.15) is 6.92 Å². The first kappa shape index (κ1) is 5.54. The second-order valence-electron chi connectivity index (χ2n) is 0.575. The average Bonchev–Trinajstić information content (AvgIpc) is 1.38. The van der Waals surface area contributed by atoms with E-state index < -0.39 is 0 Å². The Balaban J connectivity index is 2.85. The van der Waals surface area contributed by atoms with Gasteiger partial charge in [-0.15, -0.1) is 0 Å². The Hall–Kier alpha value is 0.539. The van der Waals surface area contributed by atoms with Gasteiger partial charge in [-0.3, -0.25) is 0 Å². The summed E-state index contributed by atoms with van der Waals surface area (Å²) in [6, 6.07) is 0. The second kappa shape index (κ2) is 2.76. The molecule has 0 atom stereocenters. The van der Waals surface area contributed by atoms with Crippen LogP contribution >= 0.6 is 10.2 Å². The first-order valence-corrected chi connectivity index (χ1v) is 3.91. The Morgan fingerprint density at radius 1 is 2.00 bits per heavy atom. The molecule has 1 nitrogen and oxygen atoms in total. The molecule has 0 aliphatic rings. The van der Waals surface area contributed by atoms with Crippen molar-refractivity contribution in [3.8, 4) is 0 Å². The average molecular weight is 154 g/mol. The fourth-order valence-electron chi connectivity index (χ4n) is 0. The van der Waals surface area contributed by atoms with Crippen molar-refractivity contribution in [3.63, 3.8) is 0 Å².